The zero-order valence-corrected chi connectivity index (χ0v) is 26.8. The number of nitrogens with zero attached hydrogens (tertiary/aromatic N) is 4. The molecule has 0 aliphatic rings. The number of hydrogen-bond donors (Lipinski definition) is 0. The number of rotatable bonds is 4. The minimum Gasteiger partial charge on any atom is -0.456 e. The lowest BCUT2D eigenvalue weighted by Gasteiger charge is -2.11. The highest BCUT2D eigenvalue weighted by Gasteiger charge is 2.21. The third-order valence-corrected chi connectivity index (χ3v) is 9.98. The van der Waals surface area contributed by atoms with Crippen molar-refractivity contribution < 1.29 is 25.0 Å². The monoisotopic (exact) mass is 685 g/mol. The number of benzene rings is 7. The molecule has 0 spiro atoms. The fourth-order valence-electron chi connectivity index (χ4n) is 6.66. The van der Waals surface area contributed by atoms with Gasteiger partial charge < -0.3 is 4.42 Å². The molecule has 11 rings (SSSR count). The minimum absolute atomic E-state index is 0.0170. The lowest BCUT2D eigenvalue weighted by molar-refractivity contribution is 0.669. The number of para-hydroxylation sites is 1. The van der Waals surface area contributed by atoms with Crippen LogP contribution >= 0.6 is 11.3 Å². The molecular weight excluding hydrogens is 645 g/mol. The van der Waals surface area contributed by atoms with Crippen molar-refractivity contribution in [2.75, 3.05) is 0 Å². The van der Waals surface area contributed by atoms with Crippen molar-refractivity contribution >= 4 is 75.3 Å². The molecule has 5 nitrogen and oxygen atoms in total. The first kappa shape index (κ1) is 17.3. The molecule has 6 heteroatoms. The molecule has 4 aromatic heterocycles. The molecule has 0 radical (unpaired) electrons. The van der Waals surface area contributed by atoms with Gasteiger partial charge in [-0.15, -0.1) is 11.3 Å². The van der Waals surface area contributed by atoms with Gasteiger partial charge in [0.05, 0.1) is 31.6 Å². The largest absolute Gasteiger partial charge is 0.456 e. The van der Waals surface area contributed by atoms with E-state index in [9.17, 15) is 5.48 Å². The molecule has 238 valence electrons. The first-order valence-electron chi connectivity index (χ1n) is 23.2. The Labute approximate surface area is 316 Å². The third-order valence-electron chi connectivity index (χ3n) is 8.86. The van der Waals surface area contributed by atoms with Crippen LogP contribution in [0.3, 0.4) is 0 Å². The summed E-state index contributed by atoms with van der Waals surface area (Å²) in [5.41, 5.74) is 2.39. The first-order valence-corrected chi connectivity index (χ1v) is 16.5. The molecule has 0 bridgehead atoms. The zero-order chi connectivity index (χ0) is 46.5. The number of fused-ring (bicyclic) bond motifs is 10. The summed E-state index contributed by atoms with van der Waals surface area (Å²) in [7, 11) is 0. The zero-order valence-electron chi connectivity index (χ0n) is 41.0. The van der Waals surface area contributed by atoms with Crippen LogP contribution in [0, 0.1) is 0 Å². The predicted octanol–water partition coefficient (Wildman–Crippen LogP) is 12.2. The van der Waals surface area contributed by atoms with Gasteiger partial charge in [-0.2, -0.15) is 9.97 Å². The quantitative estimate of drug-likeness (QED) is 0.185. The van der Waals surface area contributed by atoms with E-state index in [0.717, 1.165) is 37.8 Å². The fourth-order valence-corrected chi connectivity index (χ4v) is 7.78. The van der Waals surface area contributed by atoms with Crippen molar-refractivity contribution in [2.45, 2.75) is 0 Å². The molecule has 11 aromatic rings. The van der Waals surface area contributed by atoms with E-state index in [4.69, 9.17) is 24.5 Å². The number of aromatic nitrogens is 4. The van der Waals surface area contributed by atoms with Crippen LogP contribution in [0.15, 0.2) is 162 Å². The second kappa shape index (κ2) is 10.9. The highest BCUT2D eigenvalue weighted by Crippen LogP contribution is 2.43. The first-order chi connectivity index (χ1) is 31.5. The van der Waals surface area contributed by atoms with E-state index in [1.807, 2.05) is 54.6 Å². The number of thiophene rings is 1. The van der Waals surface area contributed by atoms with Crippen LogP contribution in [0.5, 0.6) is 0 Å². The van der Waals surface area contributed by atoms with Gasteiger partial charge in [0.25, 0.3) is 0 Å². The number of hydrogen-bond acceptors (Lipinski definition) is 5. The third kappa shape index (κ3) is 4.30. The van der Waals surface area contributed by atoms with Crippen molar-refractivity contribution in [3.8, 4) is 39.9 Å². The van der Waals surface area contributed by atoms with Gasteiger partial charge >= 0.3 is 0 Å². The molecule has 0 aliphatic carbocycles. The van der Waals surface area contributed by atoms with Crippen molar-refractivity contribution in [2.24, 2.45) is 0 Å². The Balaban J connectivity index is 1.29. The summed E-state index contributed by atoms with van der Waals surface area (Å²) in [5.74, 6) is -0.934. The topological polar surface area (TPSA) is 56.7 Å². The van der Waals surface area contributed by atoms with E-state index in [1.165, 1.54) is 0 Å². The Morgan fingerprint density at radius 1 is 0.529 bits per heavy atom. The van der Waals surface area contributed by atoms with Gasteiger partial charge in [0, 0.05) is 52.8 Å². The van der Waals surface area contributed by atoms with Gasteiger partial charge in [0.2, 0.25) is 5.95 Å². The smallest absolute Gasteiger partial charge is 0.238 e. The van der Waals surface area contributed by atoms with Gasteiger partial charge in [0.1, 0.15) is 11.2 Å². The highest BCUT2D eigenvalue weighted by atomic mass is 32.1. The average molecular weight is 686 g/mol. The van der Waals surface area contributed by atoms with Gasteiger partial charge in [-0.3, -0.25) is 4.57 Å². The normalized spacial score (nSPS) is 16.0. The summed E-state index contributed by atoms with van der Waals surface area (Å²) in [6, 6.07) is 12.0. The van der Waals surface area contributed by atoms with Gasteiger partial charge in [-0.05, 0) is 47.5 Å². The molecule has 7 aromatic carbocycles. The van der Waals surface area contributed by atoms with E-state index < -0.39 is 102 Å². The predicted molar refractivity (Wildman–Crippen MR) is 211 cm³/mol. The Hall–Kier alpha value is -6.63. The maximum atomic E-state index is 9.56. The lowest BCUT2D eigenvalue weighted by Crippen LogP contribution is -2.06. The SMILES string of the molecule is [2H]c1c([2H])c([2H])c(-c2nc(-c3ccc4c(c3)oc3cccc(-c5ccccc5)c34)nc(-n3c4c([2H])c([2H])c([2H])c([2H])c4c4c5sc6c([2H])c([2H])c([2H])c([2H])c6c5c([2H])c([2H])c43)n2)c([2H])c1[2H]. The Morgan fingerprint density at radius 3 is 2.20 bits per heavy atom. The number of furan rings is 1. The van der Waals surface area contributed by atoms with Crippen molar-refractivity contribution in [1.29, 1.82) is 0 Å². The van der Waals surface area contributed by atoms with E-state index in [1.54, 1.807) is 12.1 Å². The molecule has 0 saturated heterocycles. The molecule has 0 saturated carbocycles. The van der Waals surface area contributed by atoms with Crippen LogP contribution in [-0.4, -0.2) is 19.5 Å². The van der Waals surface area contributed by atoms with E-state index >= 15 is 0 Å². The van der Waals surface area contributed by atoms with E-state index in [2.05, 4.69) is 9.97 Å². The molecule has 4 heterocycles. The molecule has 51 heavy (non-hydrogen) atoms. The molecule has 0 fully saturated rings. The van der Waals surface area contributed by atoms with Gasteiger partial charge in [0.15, 0.2) is 11.6 Å². The summed E-state index contributed by atoms with van der Waals surface area (Å²) < 4.78 is 140. The molecule has 0 unspecified atom stereocenters. The molecular formula is C45H26N4OS. The molecule has 0 aliphatic heterocycles. The summed E-state index contributed by atoms with van der Waals surface area (Å²) >= 11 is 0.884. The fraction of sp³-hybridized carbons (Fsp3) is 0. The highest BCUT2D eigenvalue weighted by molar-refractivity contribution is 7.26. The van der Waals surface area contributed by atoms with Gasteiger partial charge in [-0.1, -0.05) is 121 Å². The second-order valence-corrected chi connectivity index (χ2v) is 12.7. The van der Waals surface area contributed by atoms with Crippen LogP contribution in [0.4, 0.5) is 0 Å². The van der Waals surface area contributed by atoms with Crippen LogP contribution < -0.4 is 0 Å². The standard InChI is InChI=1S/C45H26N4OS/c1-3-12-27(13-4-1)30-18-11-20-37-40(30)34-23-22-29(26-38(34)50-37)44-46-43(28-14-5-2-6-15-28)47-45(48-44)49-35-19-9-7-17-33(35)41-36(49)25-24-32-31-16-8-10-21-39(31)51-42(32)41/h1-26H/i2D,5D,6D,7D,8D,9D,10D,14D,15D,16D,17D,19D,21D,24D,25D. The van der Waals surface area contributed by atoms with Crippen LogP contribution in [0.2, 0.25) is 0 Å². The maximum Gasteiger partial charge on any atom is 0.238 e. The summed E-state index contributed by atoms with van der Waals surface area (Å²) in [6.45, 7) is 0. The Kier molecular flexibility index (Phi) is 3.72. The van der Waals surface area contributed by atoms with Crippen molar-refractivity contribution in [1.82, 2.24) is 19.5 Å². The van der Waals surface area contributed by atoms with Crippen LogP contribution in [-0.2, 0) is 0 Å². The molecule has 0 atom stereocenters. The summed E-state index contributed by atoms with van der Waals surface area (Å²) in [6.07, 6.45) is 0. The maximum absolute atomic E-state index is 9.56. The summed E-state index contributed by atoms with van der Waals surface area (Å²) in [5, 5.41) is 1.46. The minimum atomic E-state index is -0.674. The average Bonchev–Trinajstić information content (AvgIpc) is 4.02. The van der Waals surface area contributed by atoms with E-state index in [-0.39, 0.29) is 53.8 Å². The van der Waals surface area contributed by atoms with Crippen molar-refractivity contribution in [3.63, 3.8) is 0 Å². The Bertz CT molecular complexity index is 3990. The summed E-state index contributed by atoms with van der Waals surface area (Å²) in [4.78, 5) is 14.2. The second-order valence-electron chi connectivity index (χ2n) is 11.7. The lowest BCUT2D eigenvalue weighted by atomic mass is 9.99. The van der Waals surface area contributed by atoms with Crippen molar-refractivity contribution in [3.05, 3.63) is 157 Å². The van der Waals surface area contributed by atoms with Crippen LogP contribution in [0.25, 0.3) is 104 Å². The Morgan fingerprint density at radius 2 is 1.31 bits per heavy atom. The van der Waals surface area contributed by atoms with Gasteiger partial charge in [-0.25, -0.2) is 4.98 Å². The molecule has 0 N–H and O–H groups in total. The molecule has 0 amide bonds. The van der Waals surface area contributed by atoms with Crippen LogP contribution in [0.1, 0.15) is 20.6 Å². The van der Waals surface area contributed by atoms with E-state index in [0.29, 0.717) is 16.7 Å².